The number of methoxy groups -OCH3 is 2. The summed E-state index contributed by atoms with van der Waals surface area (Å²) in [5.41, 5.74) is 7.75. The minimum Gasteiger partial charge on any atom is -0.456 e. The Morgan fingerprint density at radius 1 is 0.714 bits per heavy atom. The maximum Gasteiger partial charge on any atom is 0.407 e. The van der Waals surface area contributed by atoms with E-state index in [9.17, 15) is 24.0 Å². The summed E-state index contributed by atoms with van der Waals surface area (Å²) < 4.78 is 15.8. The van der Waals surface area contributed by atoms with Gasteiger partial charge >= 0.3 is 12.2 Å². The number of imidazole rings is 1. The lowest BCUT2D eigenvalue weighted by Crippen LogP contribution is -2.54. The Kier molecular flexibility index (Phi) is 12.1. The number of hydrogen-bond donors (Lipinski definition) is 4. The maximum absolute atomic E-state index is 13.7. The number of rotatable bonds is 12. The number of fused-ring (bicyclic) bond motifs is 5. The van der Waals surface area contributed by atoms with Crippen LogP contribution in [0.1, 0.15) is 65.2 Å². The molecule has 0 aliphatic carbocycles. The van der Waals surface area contributed by atoms with E-state index in [2.05, 4.69) is 45.2 Å². The standard InChI is InChI=1S/C48H53N7O8/c1-26(2)41(52-47(59)61-5)45(57)54-22-8-12-35(54)43-49-25-34(51-43)29-16-14-28(15-17-29)32-18-19-33(40-38-21-20-37(63-38)39(32)40)30-10-7-11-31(24-30)50-44(56)36-13-9-23-55(36)46(58)42(27(3)4)53-48(60)62-6/h7,10-11,14-21,24-27,35-36,41-42H,8-9,12-13,22-23H2,1-6H3,(H,49,51)(H,50,56)(H,52,59)(H,53,60). The lowest BCUT2D eigenvalue weighted by Gasteiger charge is -2.30. The van der Waals surface area contributed by atoms with Crippen molar-refractivity contribution in [2.24, 2.45) is 11.8 Å². The molecule has 0 spiro atoms. The van der Waals surface area contributed by atoms with E-state index in [1.165, 1.54) is 14.2 Å². The van der Waals surface area contributed by atoms with Crippen LogP contribution in [0.25, 0.3) is 55.4 Å². The number of nitrogens with zero attached hydrogens (tertiary/aromatic N) is 3. The van der Waals surface area contributed by atoms with Gasteiger partial charge in [0.2, 0.25) is 17.7 Å². The summed E-state index contributed by atoms with van der Waals surface area (Å²) in [5, 5.41) is 10.3. The van der Waals surface area contributed by atoms with Crippen LogP contribution in [0.4, 0.5) is 15.3 Å². The predicted octanol–water partition coefficient (Wildman–Crippen LogP) is 8.10. The van der Waals surface area contributed by atoms with Crippen LogP contribution < -0.4 is 16.0 Å². The van der Waals surface area contributed by atoms with Crippen molar-refractivity contribution in [2.45, 2.75) is 77.5 Å². The van der Waals surface area contributed by atoms with E-state index < -0.39 is 30.3 Å². The van der Waals surface area contributed by atoms with Gasteiger partial charge in [-0.1, -0.05) is 76.2 Å². The molecule has 0 saturated carbocycles. The smallest absolute Gasteiger partial charge is 0.407 e. The minimum atomic E-state index is -0.819. The van der Waals surface area contributed by atoms with E-state index in [0.29, 0.717) is 37.4 Å². The number of amides is 5. The van der Waals surface area contributed by atoms with Gasteiger partial charge in [-0.05, 0) is 89.6 Å². The number of aromatic amines is 1. The number of nitrogens with one attached hydrogen (secondary N) is 4. The molecule has 15 nitrogen and oxygen atoms in total. The largest absolute Gasteiger partial charge is 0.456 e. The Balaban J connectivity index is 1.00. The first-order valence-electron chi connectivity index (χ1n) is 21.5. The number of benzene rings is 4. The highest BCUT2D eigenvalue weighted by Crippen LogP contribution is 2.44. The second kappa shape index (κ2) is 17.8. The molecule has 3 aromatic carbocycles. The monoisotopic (exact) mass is 855 g/mol. The predicted molar refractivity (Wildman–Crippen MR) is 239 cm³/mol. The van der Waals surface area contributed by atoms with E-state index in [0.717, 1.165) is 68.3 Å². The minimum absolute atomic E-state index is 0.125. The van der Waals surface area contributed by atoms with Crippen molar-refractivity contribution in [3.05, 3.63) is 84.8 Å². The number of hydrogen-bond acceptors (Lipinski definition) is 9. The molecule has 2 aliphatic heterocycles. The average Bonchev–Trinajstić information content (AvgIpc) is 4.15. The topological polar surface area (TPSA) is 188 Å². The van der Waals surface area contributed by atoms with Gasteiger partial charge in [-0.15, -0.1) is 0 Å². The molecule has 2 saturated heterocycles. The van der Waals surface area contributed by atoms with Crippen LogP contribution in [0.3, 0.4) is 0 Å². The summed E-state index contributed by atoms with van der Waals surface area (Å²) in [4.78, 5) is 76.5. The summed E-state index contributed by atoms with van der Waals surface area (Å²) in [6.45, 7) is 8.46. The molecule has 2 aliphatic rings. The molecule has 328 valence electrons. The van der Waals surface area contributed by atoms with Crippen LogP contribution in [-0.2, 0) is 23.9 Å². The zero-order valence-electron chi connectivity index (χ0n) is 36.3. The average molecular weight is 856 g/mol. The van der Waals surface area contributed by atoms with Gasteiger partial charge in [0.25, 0.3) is 0 Å². The van der Waals surface area contributed by atoms with Gasteiger partial charge in [-0.2, -0.15) is 0 Å². The number of carbonyl (C=O) groups is 5. The zero-order chi connectivity index (χ0) is 44.5. The molecular formula is C48H53N7O8. The van der Waals surface area contributed by atoms with Gasteiger partial charge in [0.1, 0.15) is 35.1 Å². The van der Waals surface area contributed by atoms with Crippen LogP contribution in [0.15, 0.2) is 83.4 Å². The molecular weight excluding hydrogens is 803 g/mol. The molecule has 0 radical (unpaired) electrons. The van der Waals surface area contributed by atoms with Crippen molar-refractivity contribution in [2.75, 3.05) is 32.6 Å². The van der Waals surface area contributed by atoms with E-state index in [4.69, 9.17) is 18.9 Å². The highest BCUT2D eigenvalue weighted by atomic mass is 16.5. The maximum atomic E-state index is 13.7. The first kappa shape index (κ1) is 42.8. The first-order valence-corrected chi connectivity index (χ1v) is 21.5. The number of anilines is 1. The lowest BCUT2D eigenvalue weighted by atomic mass is 9.91. The van der Waals surface area contributed by atoms with Crippen LogP contribution >= 0.6 is 0 Å². The second-order valence-corrected chi connectivity index (χ2v) is 17.0. The summed E-state index contributed by atoms with van der Waals surface area (Å²) in [7, 11) is 2.53. The van der Waals surface area contributed by atoms with Gasteiger partial charge < -0.3 is 44.6 Å². The van der Waals surface area contributed by atoms with Crippen molar-refractivity contribution in [3.63, 3.8) is 0 Å². The van der Waals surface area contributed by atoms with Crippen molar-refractivity contribution < 1.29 is 37.9 Å². The molecule has 4 unspecified atom stereocenters. The van der Waals surface area contributed by atoms with E-state index in [1.54, 1.807) is 16.0 Å². The van der Waals surface area contributed by atoms with E-state index >= 15 is 0 Å². The lowest BCUT2D eigenvalue weighted by molar-refractivity contribution is -0.139. The molecule has 2 bridgehead atoms. The van der Waals surface area contributed by atoms with Crippen LogP contribution in [0, 0.1) is 11.8 Å². The molecule has 3 aromatic heterocycles. The molecule has 8 rings (SSSR count). The fourth-order valence-corrected chi connectivity index (χ4v) is 9.05. The SMILES string of the molecule is COC(=O)NC(C(=O)N1CCCC1C(=O)Nc1cccc(-c2ccc(-c3ccc(-c4cnc(C5CCCN5C(=O)C(NC(=O)OC)C(C)C)[nH]4)cc3)c3c4ccc(o4)c23)c1)C(C)C. The summed E-state index contributed by atoms with van der Waals surface area (Å²) in [6, 6.07) is 21.6. The normalized spacial score (nSPS) is 17.4. The van der Waals surface area contributed by atoms with Crippen LogP contribution in [-0.4, -0.2) is 95.1 Å². The molecule has 6 aromatic rings. The third-order valence-corrected chi connectivity index (χ3v) is 12.3. The fourth-order valence-electron chi connectivity index (χ4n) is 9.05. The first-order chi connectivity index (χ1) is 30.4. The Labute approximate surface area is 365 Å². The summed E-state index contributed by atoms with van der Waals surface area (Å²) in [5.74, 6) is -0.385. The number of furan rings is 2. The highest BCUT2D eigenvalue weighted by Gasteiger charge is 2.40. The van der Waals surface area contributed by atoms with Gasteiger partial charge in [-0.3, -0.25) is 14.4 Å². The third-order valence-electron chi connectivity index (χ3n) is 12.3. The number of ether oxygens (including phenoxy) is 2. The Hall–Kier alpha value is -6.90. The molecule has 4 atom stereocenters. The fraction of sp³-hybridized carbons (Fsp3) is 0.375. The Bertz CT molecular complexity index is 2650. The van der Waals surface area contributed by atoms with E-state index in [-0.39, 0.29) is 35.6 Å². The molecule has 2 fully saturated rings. The second-order valence-electron chi connectivity index (χ2n) is 17.0. The van der Waals surface area contributed by atoms with Crippen molar-refractivity contribution >= 4 is 57.5 Å². The van der Waals surface area contributed by atoms with Crippen molar-refractivity contribution in [3.8, 4) is 33.5 Å². The highest BCUT2D eigenvalue weighted by molar-refractivity contribution is 6.19. The molecule has 5 heterocycles. The number of H-pyrrole nitrogens is 1. The van der Waals surface area contributed by atoms with Crippen LogP contribution in [0.2, 0.25) is 0 Å². The van der Waals surface area contributed by atoms with Gasteiger partial charge in [-0.25, -0.2) is 14.6 Å². The number of aromatic nitrogens is 2. The number of alkyl carbamates (subject to hydrolysis) is 2. The zero-order valence-corrected chi connectivity index (χ0v) is 36.3. The molecule has 63 heavy (non-hydrogen) atoms. The van der Waals surface area contributed by atoms with Gasteiger partial charge in [0.05, 0.1) is 32.2 Å². The van der Waals surface area contributed by atoms with Gasteiger partial charge in [0, 0.05) is 29.5 Å². The summed E-state index contributed by atoms with van der Waals surface area (Å²) in [6.07, 6.45) is 3.23. The molecule has 5 amide bonds. The molecule has 4 N–H and O–H groups in total. The van der Waals surface area contributed by atoms with Crippen molar-refractivity contribution in [1.82, 2.24) is 30.4 Å². The number of likely N-dealkylation sites (tertiary alicyclic amines) is 2. The number of carbonyl (C=O) groups excluding carboxylic acids is 5. The van der Waals surface area contributed by atoms with E-state index in [1.807, 2.05) is 76.2 Å². The van der Waals surface area contributed by atoms with Crippen molar-refractivity contribution in [1.29, 1.82) is 0 Å². The molecule has 15 heteroatoms. The van der Waals surface area contributed by atoms with Crippen LogP contribution in [0.5, 0.6) is 0 Å². The van der Waals surface area contributed by atoms with Gasteiger partial charge in [0.15, 0.2) is 0 Å². The quantitative estimate of drug-likeness (QED) is 0.0943. The third kappa shape index (κ3) is 8.39. The summed E-state index contributed by atoms with van der Waals surface area (Å²) >= 11 is 0. The Morgan fingerprint density at radius 2 is 1.29 bits per heavy atom. The Morgan fingerprint density at radius 3 is 1.90 bits per heavy atom.